The molecule has 2 rings (SSSR count). The number of nitrogens with one attached hydrogen (secondary N) is 1. The van der Waals surface area contributed by atoms with Gasteiger partial charge >= 0.3 is 0 Å². The Morgan fingerprint density at radius 1 is 1.09 bits per heavy atom. The van der Waals surface area contributed by atoms with Crippen molar-refractivity contribution in [1.82, 2.24) is 4.90 Å². The van der Waals surface area contributed by atoms with Gasteiger partial charge in [-0.05, 0) is 49.6 Å². The van der Waals surface area contributed by atoms with Crippen LogP contribution in [0.4, 0.5) is 5.69 Å². The lowest BCUT2D eigenvalue weighted by Gasteiger charge is -2.23. The topological polar surface area (TPSA) is 32.3 Å². The van der Waals surface area contributed by atoms with E-state index in [9.17, 15) is 4.79 Å². The van der Waals surface area contributed by atoms with Gasteiger partial charge in [0.15, 0.2) is 0 Å². The minimum absolute atomic E-state index is 0.0861. The van der Waals surface area contributed by atoms with Crippen molar-refractivity contribution in [3.8, 4) is 0 Å². The summed E-state index contributed by atoms with van der Waals surface area (Å²) in [6.45, 7) is 6.65. The molecule has 0 spiro atoms. The molecule has 1 atom stereocenters. The lowest BCUT2D eigenvalue weighted by molar-refractivity contribution is -0.130. The number of amides is 1. The van der Waals surface area contributed by atoms with Crippen molar-refractivity contribution in [2.45, 2.75) is 33.4 Å². The van der Waals surface area contributed by atoms with E-state index in [-0.39, 0.29) is 11.9 Å². The molecule has 0 radical (unpaired) electrons. The first-order chi connectivity index (χ1) is 10.5. The molecular formula is C19H24N2O. The molecule has 0 fully saturated rings. The van der Waals surface area contributed by atoms with E-state index < -0.39 is 0 Å². The molecule has 0 bridgehead atoms. The predicted octanol–water partition coefficient (Wildman–Crippen LogP) is 3.76. The van der Waals surface area contributed by atoms with Gasteiger partial charge in [0.05, 0.1) is 0 Å². The highest BCUT2D eigenvalue weighted by Crippen LogP contribution is 2.15. The molecule has 0 aliphatic rings. The van der Waals surface area contributed by atoms with Crippen molar-refractivity contribution >= 4 is 11.6 Å². The number of benzene rings is 2. The Bertz CT molecular complexity index is 617. The van der Waals surface area contributed by atoms with Crippen molar-refractivity contribution < 1.29 is 4.79 Å². The molecule has 3 nitrogen and oxygen atoms in total. The van der Waals surface area contributed by atoms with Crippen LogP contribution in [0.5, 0.6) is 0 Å². The summed E-state index contributed by atoms with van der Waals surface area (Å²) in [6, 6.07) is 16.0. The first kappa shape index (κ1) is 16.1. The summed E-state index contributed by atoms with van der Waals surface area (Å²) in [5, 5.41) is 3.30. The highest BCUT2D eigenvalue weighted by Gasteiger charge is 2.17. The number of nitrogens with zero attached hydrogens (tertiary/aromatic N) is 1. The molecule has 0 heterocycles. The number of aryl methyl sites for hydroxylation is 2. The molecular weight excluding hydrogens is 272 g/mol. The third-order valence-corrected chi connectivity index (χ3v) is 3.61. The SMILES string of the molecule is Cc1cc(C)cc(NC(C)C(=O)N(C)Cc2ccccc2)c1. The van der Waals surface area contributed by atoms with Crippen LogP contribution in [-0.4, -0.2) is 23.9 Å². The van der Waals surface area contributed by atoms with Crippen molar-refractivity contribution in [2.75, 3.05) is 12.4 Å². The maximum Gasteiger partial charge on any atom is 0.244 e. The highest BCUT2D eigenvalue weighted by atomic mass is 16.2. The van der Waals surface area contributed by atoms with Gasteiger partial charge in [0, 0.05) is 19.3 Å². The van der Waals surface area contributed by atoms with E-state index in [0.717, 1.165) is 11.3 Å². The summed E-state index contributed by atoms with van der Waals surface area (Å²) in [6.07, 6.45) is 0. The number of carbonyl (C=O) groups is 1. The molecule has 3 heteroatoms. The van der Waals surface area contributed by atoms with Crippen molar-refractivity contribution in [3.05, 3.63) is 65.2 Å². The third kappa shape index (κ3) is 4.35. The van der Waals surface area contributed by atoms with Crippen LogP contribution in [-0.2, 0) is 11.3 Å². The zero-order chi connectivity index (χ0) is 16.1. The quantitative estimate of drug-likeness (QED) is 0.911. The van der Waals surface area contributed by atoms with E-state index in [1.54, 1.807) is 4.90 Å². The second kappa shape index (κ2) is 7.12. The molecule has 0 aromatic heterocycles. The standard InChI is InChI=1S/C19H24N2O/c1-14-10-15(2)12-18(11-14)20-16(3)19(22)21(4)13-17-8-6-5-7-9-17/h5-12,16,20H,13H2,1-4H3. The maximum atomic E-state index is 12.5. The van der Waals surface area contributed by atoms with Gasteiger partial charge in [-0.2, -0.15) is 0 Å². The van der Waals surface area contributed by atoms with Crippen LogP contribution in [0.15, 0.2) is 48.5 Å². The van der Waals surface area contributed by atoms with Crippen LogP contribution in [0.2, 0.25) is 0 Å². The zero-order valence-electron chi connectivity index (χ0n) is 13.8. The maximum absolute atomic E-state index is 12.5. The molecule has 0 aliphatic carbocycles. The summed E-state index contributed by atoms with van der Waals surface area (Å²) in [5.41, 5.74) is 4.52. The van der Waals surface area contributed by atoms with Gasteiger partial charge < -0.3 is 10.2 Å². The van der Waals surface area contributed by atoms with Crippen LogP contribution in [0.25, 0.3) is 0 Å². The Balaban J connectivity index is 1.99. The fourth-order valence-corrected chi connectivity index (χ4v) is 2.64. The Morgan fingerprint density at radius 3 is 2.27 bits per heavy atom. The first-order valence-electron chi connectivity index (χ1n) is 7.59. The van der Waals surface area contributed by atoms with Gasteiger partial charge in [-0.1, -0.05) is 36.4 Å². The fourth-order valence-electron chi connectivity index (χ4n) is 2.64. The van der Waals surface area contributed by atoms with E-state index in [4.69, 9.17) is 0 Å². The number of anilines is 1. The summed E-state index contributed by atoms with van der Waals surface area (Å²) in [4.78, 5) is 14.2. The Kier molecular flexibility index (Phi) is 5.21. The van der Waals surface area contributed by atoms with Gasteiger partial charge in [0.2, 0.25) is 5.91 Å². The van der Waals surface area contributed by atoms with Crippen LogP contribution in [0.1, 0.15) is 23.6 Å². The van der Waals surface area contributed by atoms with Crippen molar-refractivity contribution in [2.24, 2.45) is 0 Å². The van der Waals surface area contributed by atoms with E-state index in [1.165, 1.54) is 11.1 Å². The van der Waals surface area contributed by atoms with E-state index in [0.29, 0.717) is 6.54 Å². The van der Waals surface area contributed by atoms with Crippen LogP contribution in [0.3, 0.4) is 0 Å². The molecule has 22 heavy (non-hydrogen) atoms. The molecule has 1 unspecified atom stereocenters. The van der Waals surface area contributed by atoms with Gasteiger partial charge in [-0.25, -0.2) is 0 Å². The summed E-state index contributed by atoms with van der Waals surface area (Å²) >= 11 is 0. The van der Waals surface area contributed by atoms with Crippen molar-refractivity contribution in [1.29, 1.82) is 0 Å². The lowest BCUT2D eigenvalue weighted by atomic mass is 10.1. The summed E-state index contributed by atoms with van der Waals surface area (Å²) in [7, 11) is 1.84. The van der Waals surface area contributed by atoms with Crippen LogP contribution < -0.4 is 5.32 Å². The zero-order valence-corrected chi connectivity index (χ0v) is 13.8. The Hall–Kier alpha value is -2.29. The minimum atomic E-state index is -0.255. The largest absolute Gasteiger partial charge is 0.374 e. The minimum Gasteiger partial charge on any atom is -0.374 e. The molecule has 0 saturated heterocycles. The Morgan fingerprint density at radius 2 is 1.68 bits per heavy atom. The average molecular weight is 296 g/mol. The summed E-state index contributed by atoms with van der Waals surface area (Å²) in [5.74, 6) is 0.0861. The smallest absolute Gasteiger partial charge is 0.244 e. The van der Waals surface area contributed by atoms with Gasteiger partial charge in [-0.3, -0.25) is 4.79 Å². The number of carbonyl (C=O) groups excluding carboxylic acids is 1. The van der Waals surface area contributed by atoms with Crippen LogP contribution in [0, 0.1) is 13.8 Å². The normalized spacial score (nSPS) is 11.8. The molecule has 0 aliphatic heterocycles. The number of hydrogen-bond donors (Lipinski definition) is 1. The first-order valence-corrected chi connectivity index (χ1v) is 7.59. The number of rotatable bonds is 5. The van der Waals surface area contributed by atoms with Crippen molar-refractivity contribution in [3.63, 3.8) is 0 Å². The molecule has 2 aromatic carbocycles. The second-order valence-electron chi connectivity index (χ2n) is 5.92. The van der Waals surface area contributed by atoms with Crippen LogP contribution >= 0.6 is 0 Å². The monoisotopic (exact) mass is 296 g/mol. The molecule has 1 N–H and O–H groups in total. The fraction of sp³-hybridized carbons (Fsp3) is 0.316. The van der Waals surface area contributed by atoms with Gasteiger partial charge in [0.1, 0.15) is 6.04 Å². The third-order valence-electron chi connectivity index (χ3n) is 3.61. The van der Waals surface area contributed by atoms with Gasteiger partial charge in [-0.15, -0.1) is 0 Å². The second-order valence-corrected chi connectivity index (χ2v) is 5.92. The molecule has 0 saturated carbocycles. The highest BCUT2D eigenvalue weighted by molar-refractivity contribution is 5.84. The lowest BCUT2D eigenvalue weighted by Crippen LogP contribution is -2.38. The molecule has 116 valence electrons. The summed E-state index contributed by atoms with van der Waals surface area (Å²) < 4.78 is 0. The number of hydrogen-bond acceptors (Lipinski definition) is 2. The Labute approximate surface area is 133 Å². The average Bonchev–Trinajstić information content (AvgIpc) is 2.46. The van der Waals surface area contributed by atoms with E-state index >= 15 is 0 Å². The van der Waals surface area contributed by atoms with Gasteiger partial charge in [0.25, 0.3) is 0 Å². The predicted molar refractivity (Wildman–Crippen MR) is 91.9 cm³/mol. The van der Waals surface area contributed by atoms with E-state index in [2.05, 4.69) is 37.4 Å². The molecule has 1 amide bonds. The molecule has 2 aromatic rings. The van der Waals surface area contributed by atoms with E-state index in [1.807, 2.05) is 44.3 Å². The number of likely N-dealkylation sites (N-methyl/N-ethyl adjacent to an activating group) is 1.